The van der Waals surface area contributed by atoms with Crippen LogP contribution in [0.25, 0.3) is 0 Å². The molecule has 0 saturated carbocycles. The molecule has 2 rings (SSSR count). The zero-order valence-electron chi connectivity index (χ0n) is 16.8. The highest BCUT2D eigenvalue weighted by Crippen LogP contribution is 2.16. The number of methoxy groups -OCH3 is 1. The second kappa shape index (κ2) is 13.3. The highest BCUT2D eigenvalue weighted by Gasteiger charge is 2.27. The Labute approximate surface area is 191 Å². The number of halogens is 4. The van der Waals surface area contributed by atoms with E-state index in [1.807, 2.05) is 31.2 Å². The largest absolute Gasteiger partial charge is 0.481 e. The smallest absolute Gasteiger partial charge is 0.411 e. The Balaban J connectivity index is 0.00000450. The first-order valence-electron chi connectivity index (χ1n) is 9.14. The van der Waals surface area contributed by atoms with E-state index in [1.165, 1.54) is 0 Å². The van der Waals surface area contributed by atoms with Gasteiger partial charge in [0.1, 0.15) is 6.61 Å². The van der Waals surface area contributed by atoms with Crippen molar-refractivity contribution in [3.63, 3.8) is 0 Å². The average Bonchev–Trinajstić information content (AvgIpc) is 2.70. The number of guanidine groups is 1. The maximum Gasteiger partial charge on any atom is 0.411 e. The Bertz CT molecular complexity index is 786. The topological polar surface area (TPSA) is 67.8 Å². The number of aromatic nitrogens is 1. The minimum atomic E-state index is -4.31. The van der Waals surface area contributed by atoms with Crippen LogP contribution in [0.3, 0.4) is 0 Å². The van der Waals surface area contributed by atoms with Gasteiger partial charge in [0, 0.05) is 12.6 Å². The summed E-state index contributed by atoms with van der Waals surface area (Å²) in [6.07, 6.45) is -4.31. The van der Waals surface area contributed by atoms with E-state index >= 15 is 0 Å². The van der Waals surface area contributed by atoms with E-state index in [0.29, 0.717) is 37.0 Å². The summed E-state index contributed by atoms with van der Waals surface area (Å²) in [5.74, 6) is 1.18. The van der Waals surface area contributed by atoms with Crippen molar-refractivity contribution in [1.82, 2.24) is 15.6 Å². The van der Waals surface area contributed by atoms with Gasteiger partial charge in [-0.2, -0.15) is 13.2 Å². The van der Waals surface area contributed by atoms with Gasteiger partial charge in [0.2, 0.25) is 5.88 Å². The monoisotopic (exact) mass is 538 g/mol. The molecule has 0 radical (unpaired) electrons. The summed E-state index contributed by atoms with van der Waals surface area (Å²) < 4.78 is 46.1. The van der Waals surface area contributed by atoms with E-state index in [1.54, 1.807) is 25.3 Å². The van der Waals surface area contributed by atoms with Crippen LogP contribution in [0.1, 0.15) is 23.7 Å². The van der Waals surface area contributed by atoms with Gasteiger partial charge >= 0.3 is 6.18 Å². The van der Waals surface area contributed by atoms with Gasteiger partial charge in [-0.05, 0) is 24.1 Å². The number of rotatable bonds is 9. The van der Waals surface area contributed by atoms with Crippen molar-refractivity contribution < 1.29 is 22.6 Å². The Morgan fingerprint density at radius 1 is 1.07 bits per heavy atom. The van der Waals surface area contributed by atoms with E-state index in [-0.39, 0.29) is 30.6 Å². The summed E-state index contributed by atoms with van der Waals surface area (Å²) in [4.78, 5) is 8.86. The Kier molecular flexibility index (Phi) is 11.5. The molecule has 166 valence electrons. The molecule has 30 heavy (non-hydrogen) atoms. The van der Waals surface area contributed by atoms with E-state index in [2.05, 4.69) is 25.3 Å². The maximum absolute atomic E-state index is 12.1. The number of nitrogens with zero attached hydrogens (tertiary/aromatic N) is 2. The Morgan fingerprint density at radius 2 is 1.77 bits per heavy atom. The lowest BCUT2D eigenvalue weighted by atomic mass is 10.1. The van der Waals surface area contributed by atoms with Crippen LogP contribution in [0.4, 0.5) is 13.2 Å². The molecule has 0 saturated heterocycles. The number of alkyl halides is 3. The fraction of sp³-hybridized carbons (Fsp3) is 0.400. The molecule has 0 aliphatic heterocycles. The van der Waals surface area contributed by atoms with Gasteiger partial charge in [0.05, 0.1) is 32.5 Å². The molecular formula is C20H26F3IN4O2. The van der Waals surface area contributed by atoms with Crippen molar-refractivity contribution in [3.05, 3.63) is 59.3 Å². The minimum absolute atomic E-state index is 0. The summed E-state index contributed by atoms with van der Waals surface area (Å²) in [6.45, 7) is 2.24. The van der Waals surface area contributed by atoms with Gasteiger partial charge in [-0.3, -0.25) is 0 Å². The summed E-state index contributed by atoms with van der Waals surface area (Å²) in [5.41, 5.74) is 2.43. The Hall–Kier alpha value is -2.08. The fourth-order valence-electron chi connectivity index (χ4n) is 2.38. The fourth-order valence-corrected chi connectivity index (χ4v) is 2.38. The summed E-state index contributed by atoms with van der Waals surface area (Å²) in [7, 11) is 1.57. The quantitative estimate of drug-likeness (QED) is 0.287. The van der Waals surface area contributed by atoms with Crippen LogP contribution >= 0.6 is 24.0 Å². The third-order valence-electron chi connectivity index (χ3n) is 3.75. The van der Waals surface area contributed by atoms with E-state index in [0.717, 1.165) is 11.3 Å². The van der Waals surface area contributed by atoms with Crippen molar-refractivity contribution in [2.24, 2.45) is 4.99 Å². The van der Waals surface area contributed by atoms with Crippen LogP contribution in [-0.2, 0) is 24.4 Å². The second-order valence-electron chi connectivity index (χ2n) is 6.14. The first kappa shape index (κ1) is 26.0. The average molecular weight is 538 g/mol. The molecule has 0 amide bonds. The molecule has 1 aromatic heterocycles. The first-order valence-corrected chi connectivity index (χ1v) is 9.14. The molecule has 2 N–H and O–H groups in total. The number of benzene rings is 1. The molecule has 1 heterocycles. The lowest BCUT2D eigenvalue weighted by Gasteiger charge is -2.11. The molecule has 1 aromatic carbocycles. The summed E-state index contributed by atoms with van der Waals surface area (Å²) >= 11 is 0. The van der Waals surface area contributed by atoms with Crippen molar-refractivity contribution in [1.29, 1.82) is 0 Å². The predicted octanol–water partition coefficient (Wildman–Crippen LogP) is 4.04. The molecule has 0 aliphatic rings. The number of pyridine rings is 1. The zero-order valence-corrected chi connectivity index (χ0v) is 19.2. The lowest BCUT2D eigenvalue weighted by Crippen LogP contribution is -2.37. The number of hydrogen-bond acceptors (Lipinski definition) is 4. The molecule has 0 unspecified atom stereocenters. The van der Waals surface area contributed by atoms with Crippen molar-refractivity contribution in [2.75, 3.05) is 20.3 Å². The van der Waals surface area contributed by atoms with E-state index < -0.39 is 12.8 Å². The van der Waals surface area contributed by atoms with Crippen LogP contribution in [0.5, 0.6) is 5.88 Å². The molecule has 0 spiro atoms. The highest BCUT2D eigenvalue weighted by molar-refractivity contribution is 14.0. The molecule has 6 nitrogen and oxygen atoms in total. The summed E-state index contributed by atoms with van der Waals surface area (Å²) in [6, 6.07) is 12.7. The lowest BCUT2D eigenvalue weighted by molar-refractivity contribution is -0.176. The first-order chi connectivity index (χ1) is 13.9. The van der Waals surface area contributed by atoms with Gasteiger partial charge in [-0.15, -0.1) is 24.0 Å². The van der Waals surface area contributed by atoms with Gasteiger partial charge in [0.15, 0.2) is 5.96 Å². The molecule has 0 bridgehead atoms. The van der Waals surface area contributed by atoms with E-state index in [9.17, 15) is 13.2 Å². The second-order valence-corrected chi connectivity index (χ2v) is 6.14. The van der Waals surface area contributed by atoms with E-state index in [4.69, 9.17) is 4.74 Å². The van der Waals surface area contributed by atoms with Crippen molar-refractivity contribution in [3.8, 4) is 5.88 Å². The van der Waals surface area contributed by atoms with Gasteiger partial charge in [-0.25, -0.2) is 9.98 Å². The third kappa shape index (κ3) is 10.1. The standard InChI is InChI=1S/C20H25F3N4O2.HI/c1-3-24-19(26-12-17-5-4-6-18(27-17)28-2)25-11-15-7-9-16(10-8-15)13-29-14-20(21,22)23;/h4-10H,3,11-14H2,1-2H3,(H2,24,25,26);1H. The predicted molar refractivity (Wildman–Crippen MR) is 120 cm³/mol. The normalized spacial score (nSPS) is 11.6. The van der Waals surface area contributed by atoms with Crippen LogP contribution in [-0.4, -0.2) is 37.4 Å². The molecule has 0 fully saturated rings. The van der Waals surface area contributed by atoms with Crippen molar-refractivity contribution >= 4 is 29.9 Å². The van der Waals surface area contributed by atoms with Crippen molar-refractivity contribution in [2.45, 2.75) is 32.8 Å². The third-order valence-corrected chi connectivity index (χ3v) is 3.75. The van der Waals surface area contributed by atoms with Gasteiger partial charge in [0.25, 0.3) is 0 Å². The van der Waals surface area contributed by atoms with Gasteiger partial charge in [-0.1, -0.05) is 30.3 Å². The Morgan fingerprint density at radius 3 is 2.40 bits per heavy atom. The highest BCUT2D eigenvalue weighted by atomic mass is 127. The molecule has 10 heteroatoms. The molecule has 2 aromatic rings. The number of aliphatic imine (C=N–C) groups is 1. The molecule has 0 aliphatic carbocycles. The zero-order chi connectivity index (χ0) is 21.1. The molecule has 0 atom stereocenters. The van der Waals surface area contributed by atoms with Crippen LogP contribution in [0.15, 0.2) is 47.5 Å². The number of nitrogens with one attached hydrogen (secondary N) is 2. The van der Waals surface area contributed by atoms with Crippen LogP contribution in [0, 0.1) is 0 Å². The number of hydrogen-bond donors (Lipinski definition) is 2. The maximum atomic E-state index is 12.1. The van der Waals surface area contributed by atoms with Crippen LogP contribution in [0.2, 0.25) is 0 Å². The SMILES string of the molecule is CCNC(=NCc1ccc(COCC(F)(F)F)cc1)NCc1cccc(OC)n1.I. The van der Waals surface area contributed by atoms with Crippen LogP contribution < -0.4 is 15.4 Å². The van der Waals surface area contributed by atoms with Gasteiger partial charge < -0.3 is 20.1 Å². The molecular weight excluding hydrogens is 512 g/mol. The number of ether oxygens (including phenoxy) is 2. The summed E-state index contributed by atoms with van der Waals surface area (Å²) in [5, 5.41) is 6.36. The minimum Gasteiger partial charge on any atom is -0.481 e.